The molecule has 1 amide bonds. The molecule has 0 aliphatic carbocycles. The number of halogens is 2. The zero-order valence-corrected chi connectivity index (χ0v) is 11.1. The third-order valence-corrected chi connectivity index (χ3v) is 3.02. The number of aromatic nitrogens is 2. The van der Waals surface area contributed by atoms with E-state index in [-0.39, 0.29) is 5.82 Å². The largest absolute Gasteiger partial charge is 0.478 e. The second-order valence-corrected chi connectivity index (χ2v) is 4.39. The molecule has 0 saturated carbocycles. The van der Waals surface area contributed by atoms with Gasteiger partial charge in [0.2, 0.25) is 0 Å². The van der Waals surface area contributed by atoms with Gasteiger partial charge >= 0.3 is 5.97 Å². The Morgan fingerprint density at radius 1 is 1.19 bits per heavy atom. The Kier molecular flexibility index (Phi) is 3.70. The molecule has 0 unspecified atom stereocenters. The van der Waals surface area contributed by atoms with Gasteiger partial charge in [-0.1, -0.05) is 0 Å². The van der Waals surface area contributed by atoms with E-state index in [2.05, 4.69) is 15.5 Å². The number of carbonyl (C=O) groups is 2. The normalized spacial score (nSPS) is 10.5. The topological polar surface area (TPSA) is 95.1 Å². The van der Waals surface area contributed by atoms with Gasteiger partial charge in [0.15, 0.2) is 17.5 Å². The fourth-order valence-electron chi connectivity index (χ4n) is 1.69. The summed E-state index contributed by atoms with van der Waals surface area (Å²) >= 11 is 0. The molecule has 0 radical (unpaired) electrons. The number of aromatic carboxylic acids is 1. The minimum absolute atomic E-state index is 0.193. The second kappa shape index (κ2) is 5.31. The number of aromatic amines is 1. The molecule has 0 aliphatic heterocycles. The summed E-state index contributed by atoms with van der Waals surface area (Å²) in [6.45, 7) is 3.43. The van der Waals surface area contributed by atoms with E-state index in [9.17, 15) is 18.4 Å². The van der Waals surface area contributed by atoms with Crippen LogP contribution in [0.1, 0.15) is 32.0 Å². The van der Waals surface area contributed by atoms with Crippen molar-refractivity contribution in [2.75, 3.05) is 5.32 Å². The van der Waals surface area contributed by atoms with Crippen molar-refractivity contribution >= 4 is 17.7 Å². The van der Waals surface area contributed by atoms with Crippen LogP contribution in [-0.4, -0.2) is 27.2 Å². The predicted octanol–water partition coefficient (Wildman–Crippen LogP) is 2.26. The van der Waals surface area contributed by atoms with Crippen molar-refractivity contribution in [1.29, 1.82) is 0 Å². The standard InChI is InChI=1S/C13H11F2N3O3/c1-5-6(2)17-18-11(5)16-12(19)7-3-9(14)10(15)4-8(7)13(20)21/h3-4H,1-2H3,(H,20,21)(H2,16,17,18,19). The molecule has 110 valence electrons. The van der Waals surface area contributed by atoms with E-state index >= 15 is 0 Å². The van der Waals surface area contributed by atoms with Crippen LogP contribution in [0.5, 0.6) is 0 Å². The van der Waals surface area contributed by atoms with Crippen molar-refractivity contribution in [3.05, 3.63) is 46.2 Å². The highest BCUT2D eigenvalue weighted by atomic mass is 19.2. The Balaban J connectivity index is 2.41. The van der Waals surface area contributed by atoms with Crippen molar-refractivity contribution in [1.82, 2.24) is 10.2 Å². The van der Waals surface area contributed by atoms with E-state index in [1.54, 1.807) is 13.8 Å². The highest BCUT2D eigenvalue weighted by Gasteiger charge is 2.21. The molecular formula is C13H11F2N3O3. The van der Waals surface area contributed by atoms with Gasteiger partial charge in [0, 0.05) is 11.3 Å². The molecule has 2 aromatic rings. The van der Waals surface area contributed by atoms with Gasteiger partial charge in [-0.25, -0.2) is 13.6 Å². The van der Waals surface area contributed by atoms with Crippen LogP contribution >= 0.6 is 0 Å². The maximum Gasteiger partial charge on any atom is 0.336 e. The number of H-pyrrole nitrogens is 1. The van der Waals surface area contributed by atoms with Crippen LogP contribution in [-0.2, 0) is 0 Å². The lowest BCUT2D eigenvalue weighted by atomic mass is 10.1. The molecule has 0 fully saturated rings. The minimum atomic E-state index is -1.53. The fourth-order valence-corrected chi connectivity index (χ4v) is 1.69. The van der Waals surface area contributed by atoms with E-state index in [0.29, 0.717) is 23.4 Å². The SMILES string of the molecule is Cc1[nH]nc(NC(=O)c2cc(F)c(F)cc2C(=O)O)c1C. The van der Waals surface area contributed by atoms with Gasteiger partial charge in [-0.3, -0.25) is 9.89 Å². The molecule has 0 bridgehead atoms. The number of hydrogen-bond acceptors (Lipinski definition) is 3. The van der Waals surface area contributed by atoms with Gasteiger partial charge < -0.3 is 10.4 Å². The lowest BCUT2D eigenvalue weighted by molar-refractivity contribution is 0.0691. The number of nitrogens with zero attached hydrogens (tertiary/aromatic N) is 1. The highest BCUT2D eigenvalue weighted by Crippen LogP contribution is 2.19. The quantitative estimate of drug-likeness (QED) is 0.809. The molecule has 0 atom stereocenters. The van der Waals surface area contributed by atoms with E-state index in [4.69, 9.17) is 5.11 Å². The molecule has 2 rings (SSSR count). The number of carboxylic acids is 1. The summed E-state index contributed by atoms with van der Waals surface area (Å²) in [5, 5.41) is 17.8. The first-order chi connectivity index (χ1) is 9.81. The molecule has 21 heavy (non-hydrogen) atoms. The Bertz CT molecular complexity index is 741. The van der Waals surface area contributed by atoms with Gasteiger partial charge in [0.05, 0.1) is 11.1 Å². The van der Waals surface area contributed by atoms with Gasteiger partial charge in [0.1, 0.15) is 0 Å². The number of rotatable bonds is 3. The maximum absolute atomic E-state index is 13.2. The van der Waals surface area contributed by atoms with Crippen LogP contribution in [0.2, 0.25) is 0 Å². The number of carboxylic acid groups (broad SMARTS) is 1. The van der Waals surface area contributed by atoms with E-state index in [0.717, 1.165) is 0 Å². The summed E-state index contributed by atoms with van der Waals surface area (Å²) in [6.07, 6.45) is 0. The summed E-state index contributed by atoms with van der Waals surface area (Å²) in [4.78, 5) is 23.1. The first kappa shape index (κ1) is 14.6. The zero-order valence-electron chi connectivity index (χ0n) is 11.1. The van der Waals surface area contributed by atoms with Gasteiger partial charge in [-0.15, -0.1) is 0 Å². The molecule has 3 N–H and O–H groups in total. The van der Waals surface area contributed by atoms with E-state index < -0.39 is 34.6 Å². The third-order valence-electron chi connectivity index (χ3n) is 3.02. The maximum atomic E-state index is 13.2. The lowest BCUT2D eigenvalue weighted by Crippen LogP contribution is -2.18. The third kappa shape index (κ3) is 2.73. The first-order valence-corrected chi connectivity index (χ1v) is 5.86. The molecule has 0 aliphatic rings. The Morgan fingerprint density at radius 3 is 2.24 bits per heavy atom. The lowest BCUT2D eigenvalue weighted by Gasteiger charge is -2.07. The average Bonchev–Trinajstić information content (AvgIpc) is 2.73. The minimum Gasteiger partial charge on any atom is -0.478 e. The number of anilines is 1. The van der Waals surface area contributed by atoms with Crippen LogP contribution in [0.4, 0.5) is 14.6 Å². The summed E-state index contributed by atoms with van der Waals surface area (Å²) in [5.41, 5.74) is 0.259. The molecule has 6 nitrogen and oxygen atoms in total. The highest BCUT2D eigenvalue weighted by molar-refractivity contribution is 6.10. The molecule has 1 heterocycles. The van der Waals surface area contributed by atoms with Gasteiger partial charge in [0.25, 0.3) is 5.91 Å². The summed E-state index contributed by atoms with van der Waals surface area (Å²) in [5.74, 6) is -4.87. The van der Waals surface area contributed by atoms with Crippen LogP contribution in [0, 0.1) is 25.5 Å². The van der Waals surface area contributed by atoms with Crippen LogP contribution in [0.3, 0.4) is 0 Å². The molecular weight excluding hydrogens is 284 g/mol. The van der Waals surface area contributed by atoms with Crippen LogP contribution < -0.4 is 5.32 Å². The molecule has 8 heteroatoms. The van der Waals surface area contributed by atoms with Crippen molar-refractivity contribution in [3.63, 3.8) is 0 Å². The molecule has 1 aromatic heterocycles. The number of amides is 1. The average molecular weight is 295 g/mol. The monoisotopic (exact) mass is 295 g/mol. The number of carbonyl (C=O) groups excluding carboxylic acids is 1. The fraction of sp³-hybridized carbons (Fsp3) is 0.154. The summed E-state index contributed by atoms with van der Waals surface area (Å²) < 4.78 is 26.3. The smallest absolute Gasteiger partial charge is 0.336 e. The van der Waals surface area contributed by atoms with Crippen molar-refractivity contribution < 1.29 is 23.5 Å². The zero-order chi connectivity index (χ0) is 15.7. The molecule has 1 aromatic carbocycles. The van der Waals surface area contributed by atoms with E-state index in [1.165, 1.54) is 0 Å². The molecule has 0 saturated heterocycles. The number of nitrogens with one attached hydrogen (secondary N) is 2. The Morgan fingerprint density at radius 2 is 1.76 bits per heavy atom. The molecule has 0 spiro atoms. The predicted molar refractivity (Wildman–Crippen MR) is 69.3 cm³/mol. The van der Waals surface area contributed by atoms with E-state index in [1.807, 2.05) is 0 Å². The number of hydrogen-bond donors (Lipinski definition) is 3. The van der Waals surface area contributed by atoms with Crippen molar-refractivity contribution in [3.8, 4) is 0 Å². The Hall–Kier alpha value is -2.77. The first-order valence-electron chi connectivity index (χ1n) is 5.86. The van der Waals surface area contributed by atoms with Crippen LogP contribution in [0.15, 0.2) is 12.1 Å². The Labute approximate surface area is 117 Å². The van der Waals surface area contributed by atoms with Gasteiger partial charge in [-0.2, -0.15) is 5.10 Å². The summed E-state index contributed by atoms with van der Waals surface area (Å²) in [6, 6.07) is 1.01. The summed E-state index contributed by atoms with van der Waals surface area (Å²) in [7, 11) is 0. The van der Waals surface area contributed by atoms with Crippen molar-refractivity contribution in [2.45, 2.75) is 13.8 Å². The second-order valence-electron chi connectivity index (χ2n) is 4.39. The van der Waals surface area contributed by atoms with Crippen molar-refractivity contribution in [2.24, 2.45) is 0 Å². The van der Waals surface area contributed by atoms with Gasteiger partial charge in [-0.05, 0) is 26.0 Å². The van der Waals surface area contributed by atoms with Crippen LogP contribution in [0.25, 0.3) is 0 Å². The number of benzene rings is 1. The number of aryl methyl sites for hydroxylation is 1.